The Morgan fingerprint density at radius 2 is 0.905 bits per heavy atom. The number of rotatable bonds is 3. The van der Waals surface area contributed by atoms with E-state index in [1.165, 1.54) is 0 Å². The predicted molar refractivity (Wildman–Crippen MR) is 54.5 cm³/mol. The van der Waals surface area contributed by atoms with E-state index in [2.05, 4.69) is 0 Å². The molecule has 0 saturated heterocycles. The Balaban J connectivity index is 0.00000400. The lowest BCUT2D eigenvalue weighted by Crippen LogP contribution is -2.47. The fourth-order valence-corrected chi connectivity index (χ4v) is 1.14. The van der Waals surface area contributed by atoms with Crippen molar-refractivity contribution in [3.05, 3.63) is 34.6 Å². The summed E-state index contributed by atoms with van der Waals surface area (Å²) in [5, 5.41) is -3.41. The number of benzene rings is 1. The van der Waals surface area contributed by atoms with Gasteiger partial charge < -0.3 is 0 Å². The maximum Gasteiger partial charge on any atom is 0.424 e. The lowest BCUT2D eigenvalue weighted by Gasteiger charge is -2.26. The molecule has 1 aromatic rings. The van der Waals surface area contributed by atoms with Crippen LogP contribution in [-0.4, -0.2) is 11.4 Å². The van der Waals surface area contributed by atoms with Crippen molar-refractivity contribution >= 4 is 24.0 Å². The second-order valence-corrected chi connectivity index (χ2v) is 3.29. The van der Waals surface area contributed by atoms with Crippen molar-refractivity contribution in [2.24, 2.45) is 0 Å². The van der Waals surface area contributed by atoms with Crippen molar-refractivity contribution in [2.45, 2.75) is 12.0 Å². The molecular formula is C8HF11IN. The van der Waals surface area contributed by atoms with E-state index in [1.807, 2.05) is 0 Å². The van der Waals surface area contributed by atoms with Gasteiger partial charge >= 0.3 is 12.0 Å². The first kappa shape index (κ1) is 20.1. The van der Waals surface area contributed by atoms with Crippen LogP contribution in [-0.2, 0) is 5.92 Å². The Bertz CT molecular complexity index is 515. The summed E-state index contributed by atoms with van der Waals surface area (Å²) in [4.78, 5) is 0. The zero-order valence-corrected chi connectivity index (χ0v) is 11.3. The van der Waals surface area contributed by atoms with Gasteiger partial charge in [-0.15, -0.1) is 24.0 Å². The number of alkyl halides is 4. The molecule has 21 heavy (non-hydrogen) atoms. The molecule has 0 amide bonds. The minimum absolute atomic E-state index is 0. The van der Waals surface area contributed by atoms with E-state index in [4.69, 9.17) is 0 Å². The Labute approximate surface area is 125 Å². The summed E-state index contributed by atoms with van der Waals surface area (Å²) in [7, 11) is 0. The Hall–Kier alpha value is -0.860. The SMILES string of the molecule is Fc1c(F)c(F)c(C(F)(F)C(F)(F)N(F)F)c(F)c1F.I. The number of nitrogens with zero attached hydrogens (tertiary/aromatic N) is 1. The highest BCUT2D eigenvalue weighted by atomic mass is 127. The van der Waals surface area contributed by atoms with Gasteiger partial charge in [-0.25, -0.2) is 22.0 Å². The van der Waals surface area contributed by atoms with Gasteiger partial charge in [0.05, 0.1) is 5.34 Å². The zero-order valence-electron chi connectivity index (χ0n) is 9.01. The van der Waals surface area contributed by atoms with Crippen LogP contribution in [0, 0.1) is 29.1 Å². The molecule has 1 aromatic carbocycles. The second-order valence-electron chi connectivity index (χ2n) is 3.29. The third-order valence-corrected chi connectivity index (χ3v) is 2.11. The lowest BCUT2D eigenvalue weighted by molar-refractivity contribution is -0.404. The van der Waals surface area contributed by atoms with Gasteiger partial charge in [-0.2, -0.15) is 17.6 Å². The van der Waals surface area contributed by atoms with Gasteiger partial charge in [0.25, 0.3) is 0 Å². The highest BCUT2D eigenvalue weighted by Gasteiger charge is 2.66. The van der Waals surface area contributed by atoms with Crippen molar-refractivity contribution in [1.82, 2.24) is 5.34 Å². The third kappa shape index (κ3) is 2.89. The average molecular weight is 447 g/mol. The molecule has 0 aromatic heterocycles. The molecule has 0 bridgehead atoms. The van der Waals surface area contributed by atoms with E-state index in [1.54, 1.807) is 0 Å². The zero-order chi connectivity index (χ0) is 16.0. The molecule has 0 spiro atoms. The molecule has 0 aliphatic heterocycles. The maximum absolute atomic E-state index is 13.0. The number of hydrogen-bond donors (Lipinski definition) is 0. The van der Waals surface area contributed by atoms with E-state index in [9.17, 15) is 48.5 Å². The molecule has 0 atom stereocenters. The molecule has 0 heterocycles. The molecule has 0 fully saturated rings. The first-order chi connectivity index (χ1) is 8.87. The van der Waals surface area contributed by atoms with Gasteiger partial charge in [-0.05, 0) is 0 Å². The van der Waals surface area contributed by atoms with Gasteiger partial charge in [-0.1, -0.05) is 8.96 Å². The summed E-state index contributed by atoms with van der Waals surface area (Å²) in [5.74, 6) is -21.9. The van der Waals surface area contributed by atoms with Crippen LogP contribution in [0.1, 0.15) is 5.56 Å². The maximum atomic E-state index is 13.0. The standard InChI is InChI=1S/C8F11N.HI/c9-2-1(3(10)5(12)6(13)4(2)11)7(14,15)8(16,17)20(18)19;/h;1H. The smallest absolute Gasteiger partial charge is 0.203 e. The van der Waals surface area contributed by atoms with Crippen molar-refractivity contribution in [2.75, 3.05) is 0 Å². The second kappa shape index (κ2) is 6.10. The molecule has 0 N–H and O–H groups in total. The van der Waals surface area contributed by atoms with E-state index in [-0.39, 0.29) is 24.0 Å². The summed E-state index contributed by atoms with van der Waals surface area (Å²) in [6.45, 7) is 0. The largest absolute Gasteiger partial charge is 0.424 e. The van der Waals surface area contributed by atoms with Gasteiger partial charge in [0.15, 0.2) is 23.3 Å². The quantitative estimate of drug-likeness (QED) is 0.162. The van der Waals surface area contributed by atoms with Crippen molar-refractivity contribution in [3.8, 4) is 0 Å². The summed E-state index contributed by atoms with van der Waals surface area (Å²) < 4.78 is 138. The van der Waals surface area contributed by atoms with E-state index in [0.29, 0.717) is 0 Å². The molecule has 0 radical (unpaired) electrons. The van der Waals surface area contributed by atoms with Crippen molar-refractivity contribution in [1.29, 1.82) is 0 Å². The summed E-state index contributed by atoms with van der Waals surface area (Å²) >= 11 is 0. The molecule has 122 valence electrons. The molecule has 1 nitrogen and oxygen atoms in total. The Kier molecular flexibility index (Phi) is 5.85. The first-order valence-electron chi connectivity index (χ1n) is 4.26. The Morgan fingerprint density at radius 1 is 0.619 bits per heavy atom. The van der Waals surface area contributed by atoms with Crippen LogP contribution < -0.4 is 0 Å². The molecular weight excluding hydrogens is 446 g/mol. The van der Waals surface area contributed by atoms with Gasteiger partial charge in [0, 0.05) is 0 Å². The summed E-state index contributed by atoms with van der Waals surface area (Å²) in [6, 6.07) is -6.51. The molecule has 0 aliphatic rings. The van der Waals surface area contributed by atoms with Crippen LogP contribution in [0.5, 0.6) is 0 Å². The highest BCUT2D eigenvalue weighted by molar-refractivity contribution is 14.0. The monoisotopic (exact) mass is 447 g/mol. The van der Waals surface area contributed by atoms with Crippen LogP contribution >= 0.6 is 24.0 Å². The van der Waals surface area contributed by atoms with Gasteiger partial charge in [-0.3, -0.25) is 0 Å². The summed E-state index contributed by atoms with van der Waals surface area (Å²) in [5.41, 5.74) is -3.36. The third-order valence-electron chi connectivity index (χ3n) is 2.11. The van der Waals surface area contributed by atoms with Crippen LogP contribution in [0.25, 0.3) is 0 Å². The first-order valence-corrected chi connectivity index (χ1v) is 4.26. The molecule has 0 unspecified atom stereocenters. The van der Waals surface area contributed by atoms with Crippen molar-refractivity contribution in [3.63, 3.8) is 0 Å². The average Bonchev–Trinajstić information content (AvgIpc) is 2.33. The predicted octanol–water partition coefficient (Wildman–Crippen LogP) is 4.76. The number of halogens is 12. The molecule has 13 heteroatoms. The molecule has 0 aliphatic carbocycles. The van der Waals surface area contributed by atoms with Crippen LogP contribution in [0.2, 0.25) is 0 Å². The fraction of sp³-hybridized carbons (Fsp3) is 0.250. The van der Waals surface area contributed by atoms with Crippen LogP contribution in [0.4, 0.5) is 48.5 Å². The minimum Gasteiger partial charge on any atom is -0.203 e. The molecule has 0 saturated carbocycles. The van der Waals surface area contributed by atoms with E-state index >= 15 is 0 Å². The van der Waals surface area contributed by atoms with Crippen LogP contribution in [0.15, 0.2) is 0 Å². The fourth-order valence-electron chi connectivity index (χ4n) is 1.14. The number of hydrogen-bond acceptors (Lipinski definition) is 1. The highest BCUT2D eigenvalue weighted by Crippen LogP contribution is 2.48. The lowest BCUT2D eigenvalue weighted by atomic mass is 10.0. The normalized spacial score (nSPS) is 12.6. The minimum atomic E-state index is -6.51. The van der Waals surface area contributed by atoms with E-state index in [0.717, 1.165) is 0 Å². The molecule has 1 rings (SSSR count). The Morgan fingerprint density at radius 3 is 1.19 bits per heavy atom. The van der Waals surface area contributed by atoms with Gasteiger partial charge in [0.1, 0.15) is 5.56 Å². The topological polar surface area (TPSA) is 3.24 Å². The summed E-state index contributed by atoms with van der Waals surface area (Å²) in [6.07, 6.45) is 0. The van der Waals surface area contributed by atoms with E-state index < -0.39 is 52.0 Å². The van der Waals surface area contributed by atoms with Crippen LogP contribution in [0.3, 0.4) is 0 Å². The van der Waals surface area contributed by atoms with Crippen molar-refractivity contribution < 1.29 is 48.5 Å². The van der Waals surface area contributed by atoms with Gasteiger partial charge in [0.2, 0.25) is 5.82 Å².